The summed E-state index contributed by atoms with van der Waals surface area (Å²) >= 11 is 0. The van der Waals surface area contributed by atoms with E-state index in [2.05, 4.69) is 16.6 Å². The maximum absolute atomic E-state index is 12.6. The number of anilines is 1. The monoisotopic (exact) mass is 412 g/mol. The zero-order valence-electron chi connectivity index (χ0n) is 14.5. The van der Waals surface area contributed by atoms with Gasteiger partial charge in [0.1, 0.15) is 0 Å². The number of benzene rings is 3. The van der Waals surface area contributed by atoms with E-state index < -0.39 is 20.0 Å². The minimum Gasteiger partial charge on any atom is -0.280 e. The summed E-state index contributed by atoms with van der Waals surface area (Å²) in [6.45, 7) is 0. The van der Waals surface area contributed by atoms with Crippen molar-refractivity contribution in [1.29, 1.82) is 0 Å². The van der Waals surface area contributed by atoms with Gasteiger partial charge in [-0.05, 0) is 48.5 Å². The van der Waals surface area contributed by atoms with E-state index in [1.807, 2.05) is 30.3 Å². The van der Waals surface area contributed by atoms with Crippen LogP contribution in [0.3, 0.4) is 0 Å². The van der Waals surface area contributed by atoms with Crippen LogP contribution in [0.15, 0.2) is 88.7 Å². The largest absolute Gasteiger partial charge is 0.280 e. The summed E-state index contributed by atoms with van der Waals surface area (Å²) in [6, 6.07) is 20.8. The third-order valence-corrected chi connectivity index (χ3v) is 5.97. The molecular weight excluding hydrogens is 396 g/mol. The van der Waals surface area contributed by atoms with Crippen molar-refractivity contribution >= 4 is 25.7 Å². The molecule has 142 valence electrons. The molecule has 0 aliphatic heterocycles. The van der Waals surface area contributed by atoms with Crippen LogP contribution in [0.4, 0.5) is 5.69 Å². The van der Waals surface area contributed by atoms with Gasteiger partial charge in [0.15, 0.2) is 0 Å². The van der Waals surface area contributed by atoms with Crippen LogP contribution < -0.4 is 9.86 Å². The number of sulfonamides is 2. The lowest BCUT2D eigenvalue weighted by Crippen LogP contribution is -2.16. The highest BCUT2D eigenvalue weighted by Gasteiger charge is 2.17. The number of nitrogens with two attached hydrogens (primary N) is 1. The lowest BCUT2D eigenvalue weighted by Gasteiger charge is -2.09. The molecular formula is C20H16N2O4S2. The van der Waals surface area contributed by atoms with Gasteiger partial charge in [0.2, 0.25) is 10.0 Å². The van der Waals surface area contributed by atoms with Crippen molar-refractivity contribution in [1.82, 2.24) is 0 Å². The minimum absolute atomic E-state index is 0.209. The van der Waals surface area contributed by atoms with Gasteiger partial charge in [0.25, 0.3) is 10.0 Å². The predicted molar refractivity (Wildman–Crippen MR) is 107 cm³/mol. The zero-order chi connectivity index (χ0) is 20.2. The molecule has 0 saturated heterocycles. The Kier molecular flexibility index (Phi) is 5.51. The number of nitrogens with one attached hydrogen (secondary N) is 1. The van der Waals surface area contributed by atoms with Gasteiger partial charge in [0.05, 0.1) is 15.5 Å². The molecule has 0 amide bonds. The van der Waals surface area contributed by atoms with Crippen molar-refractivity contribution in [2.75, 3.05) is 4.72 Å². The first-order valence-electron chi connectivity index (χ1n) is 8.07. The molecule has 0 saturated carbocycles. The Morgan fingerprint density at radius 1 is 0.679 bits per heavy atom. The van der Waals surface area contributed by atoms with Crippen LogP contribution in [0.25, 0.3) is 0 Å². The van der Waals surface area contributed by atoms with Gasteiger partial charge >= 0.3 is 0 Å². The van der Waals surface area contributed by atoms with Gasteiger partial charge in [-0.15, -0.1) is 0 Å². The topological polar surface area (TPSA) is 106 Å². The van der Waals surface area contributed by atoms with E-state index in [-0.39, 0.29) is 9.79 Å². The third-order valence-electron chi connectivity index (χ3n) is 3.68. The maximum atomic E-state index is 12.6. The molecule has 0 aliphatic carbocycles. The van der Waals surface area contributed by atoms with E-state index >= 15 is 0 Å². The molecule has 0 radical (unpaired) electrons. The molecule has 0 heterocycles. The molecule has 0 atom stereocenters. The van der Waals surface area contributed by atoms with Gasteiger partial charge in [-0.1, -0.05) is 42.2 Å². The van der Waals surface area contributed by atoms with Crippen LogP contribution in [0, 0.1) is 11.8 Å². The van der Waals surface area contributed by atoms with Crippen molar-refractivity contribution in [3.05, 3.63) is 90.0 Å². The Balaban J connectivity index is 1.87. The number of primary sulfonamides is 1. The van der Waals surface area contributed by atoms with Crippen LogP contribution in [-0.2, 0) is 20.0 Å². The fraction of sp³-hybridized carbons (Fsp3) is 0. The molecule has 6 nitrogen and oxygen atoms in total. The van der Waals surface area contributed by atoms with E-state index in [9.17, 15) is 16.8 Å². The van der Waals surface area contributed by atoms with Crippen molar-refractivity contribution in [2.45, 2.75) is 9.79 Å². The molecule has 0 fully saturated rings. The Morgan fingerprint density at radius 3 is 2.00 bits per heavy atom. The molecule has 0 aromatic heterocycles. The van der Waals surface area contributed by atoms with Crippen LogP contribution in [0.5, 0.6) is 0 Å². The van der Waals surface area contributed by atoms with Crippen LogP contribution in [0.2, 0.25) is 0 Å². The van der Waals surface area contributed by atoms with Crippen LogP contribution >= 0.6 is 0 Å². The molecule has 0 bridgehead atoms. The standard InChI is InChI=1S/C20H16N2O4S2/c21-27(23,24)19-10-5-11-20(15-19)28(25,26)22-18-9-4-8-17(14-18)13-12-16-6-2-1-3-7-16/h1-11,14-15,22H,(H2,21,23,24). The Labute approximate surface area is 164 Å². The summed E-state index contributed by atoms with van der Waals surface area (Å²) < 4.78 is 50.5. The number of hydrogen-bond acceptors (Lipinski definition) is 4. The fourth-order valence-corrected chi connectivity index (χ4v) is 4.09. The summed E-state index contributed by atoms with van der Waals surface area (Å²) in [5.74, 6) is 5.97. The minimum atomic E-state index is -4.01. The van der Waals surface area contributed by atoms with Crippen molar-refractivity contribution < 1.29 is 16.8 Å². The van der Waals surface area contributed by atoms with E-state index in [0.717, 1.165) is 11.6 Å². The summed E-state index contributed by atoms with van der Waals surface area (Å²) in [5.41, 5.74) is 1.77. The normalized spacial score (nSPS) is 11.3. The highest BCUT2D eigenvalue weighted by Crippen LogP contribution is 2.19. The summed E-state index contributed by atoms with van der Waals surface area (Å²) in [5, 5.41) is 5.06. The molecule has 0 unspecified atom stereocenters. The van der Waals surface area contributed by atoms with Gasteiger partial charge in [-0.25, -0.2) is 22.0 Å². The quantitative estimate of drug-likeness (QED) is 0.642. The Hall–Kier alpha value is -3.12. The smallest absolute Gasteiger partial charge is 0.261 e. The first kappa shape index (κ1) is 19.6. The molecule has 0 aliphatic rings. The average Bonchev–Trinajstić information content (AvgIpc) is 2.67. The third kappa shape index (κ3) is 4.98. The number of rotatable bonds is 4. The molecule has 8 heteroatoms. The second-order valence-electron chi connectivity index (χ2n) is 5.82. The first-order chi connectivity index (χ1) is 13.2. The fourth-order valence-electron chi connectivity index (χ4n) is 2.36. The summed E-state index contributed by atoms with van der Waals surface area (Å²) in [7, 11) is -8.01. The van der Waals surface area contributed by atoms with Crippen LogP contribution in [0.1, 0.15) is 11.1 Å². The van der Waals surface area contributed by atoms with Gasteiger partial charge < -0.3 is 0 Å². The highest BCUT2D eigenvalue weighted by atomic mass is 32.2. The van der Waals surface area contributed by atoms with E-state index in [1.165, 1.54) is 18.2 Å². The first-order valence-corrected chi connectivity index (χ1v) is 11.1. The maximum Gasteiger partial charge on any atom is 0.261 e. The van der Waals surface area contributed by atoms with E-state index in [1.54, 1.807) is 24.3 Å². The Morgan fingerprint density at radius 2 is 1.29 bits per heavy atom. The van der Waals surface area contributed by atoms with Crippen molar-refractivity contribution in [2.24, 2.45) is 5.14 Å². The van der Waals surface area contributed by atoms with Gasteiger partial charge in [-0.3, -0.25) is 4.72 Å². The molecule has 3 aromatic rings. The molecule has 28 heavy (non-hydrogen) atoms. The van der Waals surface area contributed by atoms with E-state index in [4.69, 9.17) is 5.14 Å². The van der Waals surface area contributed by atoms with Crippen molar-refractivity contribution in [3.63, 3.8) is 0 Å². The van der Waals surface area contributed by atoms with E-state index in [0.29, 0.717) is 11.3 Å². The SMILES string of the molecule is NS(=O)(=O)c1cccc(S(=O)(=O)Nc2cccc(C#Cc3ccccc3)c2)c1. The molecule has 3 rings (SSSR count). The predicted octanol–water partition coefficient (Wildman–Crippen LogP) is 2.53. The van der Waals surface area contributed by atoms with Gasteiger partial charge in [0, 0.05) is 11.1 Å². The summed E-state index contributed by atoms with van der Waals surface area (Å²) in [6.07, 6.45) is 0. The molecule has 0 spiro atoms. The highest BCUT2D eigenvalue weighted by molar-refractivity contribution is 7.93. The number of hydrogen-bond donors (Lipinski definition) is 2. The Bertz CT molecular complexity index is 1270. The van der Waals surface area contributed by atoms with Gasteiger partial charge in [-0.2, -0.15) is 0 Å². The lowest BCUT2D eigenvalue weighted by atomic mass is 10.2. The average molecular weight is 412 g/mol. The summed E-state index contributed by atoms with van der Waals surface area (Å²) in [4.78, 5) is -0.488. The second kappa shape index (κ2) is 7.86. The van der Waals surface area contributed by atoms with Crippen LogP contribution in [-0.4, -0.2) is 16.8 Å². The lowest BCUT2D eigenvalue weighted by molar-refractivity contribution is 0.597. The zero-order valence-corrected chi connectivity index (χ0v) is 16.2. The molecule has 3 aromatic carbocycles. The second-order valence-corrected chi connectivity index (χ2v) is 9.07. The molecule has 3 N–H and O–H groups in total. The van der Waals surface area contributed by atoms with Crippen molar-refractivity contribution in [3.8, 4) is 11.8 Å².